The van der Waals surface area contributed by atoms with Crippen molar-refractivity contribution in [1.29, 1.82) is 0 Å². The highest BCUT2D eigenvalue weighted by Crippen LogP contribution is 2.18. The summed E-state index contributed by atoms with van der Waals surface area (Å²) < 4.78 is 24.9. The fourth-order valence-electron chi connectivity index (χ4n) is 0.720. The second kappa shape index (κ2) is 4.60. The molecule has 0 atom stereocenters. The van der Waals surface area contributed by atoms with Crippen LogP contribution in [0, 0.1) is 11.6 Å². The van der Waals surface area contributed by atoms with Crippen molar-refractivity contribution in [1.82, 2.24) is 0 Å². The summed E-state index contributed by atoms with van der Waals surface area (Å²) in [5, 5.41) is 0.159. The highest BCUT2D eigenvalue weighted by atomic mass is 35.5. The van der Waals surface area contributed by atoms with Gasteiger partial charge in [-0.3, -0.25) is 0 Å². The maximum Gasteiger partial charge on any atom is 0.160 e. The summed E-state index contributed by atoms with van der Waals surface area (Å²) >= 11 is 5.51. The van der Waals surface area contributed by atoms with Gasteiger partial charge < -0.3 is 5.73 Å². The predicted molar refractivity (Wildman–Crippen MR) is 46.5 cm³/mol. The average molecular weight is 214 g/mol. The molecule has 0 heterocycles. The first-order valence-electron chi connectivity index (χ1n) is 2.98. The van der Waals surface area contributed by atoms with Gasteiger partial charge in [0.1, 0.15) is 0 Å². The van der Waals surface area contributed by atoms with Gasteiger partial charge in [-0.15, -0.1) is 12.4 Å². The lowest BCUT2D eigenvalue weighted by Gasteiger charge is -2.00. The minimum Gasteiger partial charge on any atom is -0.326 e. The molecular formula is C7H7Cl2F2N. The number of benzene rings is 1. The van der Waals surface area contributed by atoms with Crippen LogP contribution in [0.25, 0.3) is 0 Å². The van der Waals surface area contributed by atoms with Crippen molar-refractivity contribution in [3.63, 3.8) is 0 Å². The molecule has 1 rings (SSSR count). The van der Waals surface area contributed by atoms with Crippen LogP contribution in [-0.2, 0) is 6.54 Å². The highest BCUT2D eigenvalue weighted by molar-refractivity contribution is 6.31. The van der Waals surface area contributed by atoms with Crippen molar-refractivity contribution < 1.29 is 8.78 Å². The standard InChI is InChI=1S/C7H6ClF2N.ClH/c8-5-2-7(10)6(9)1-4(5)3-11;/h1-2H,3,11H2;1H. The lowest BCUT2D eigenvalue weighted by atomic mass is 10.2. The van der Waals surface area contributed by atoms with Gasteiger partial charge in [0.25, 0.3) is 0 Å². The lowest BCUT2D eigenvalue weighted by Crippen LogP contribution is -1.99. The van der Waals surface area contributed by atoms with Gasteiger partial charge in [-0.25, -0.2) is 8.78 Å². The SMILES string of the molecule is Cl.NCc1cc(F)c(F)cc1Cl. The van der Waals surface area contributed by atoms with Crippen LogP contribution < -0.4 is 5.73 Å². The molecule has 12 heavy (non-hydrogen) atoms. The third-order valence-corrected chi connectivity index (χ3v) is 1.66. The molecule has 1 aromatic rings. The van der Waals surface area contributed by atoms with Crippen LogP contribution in [-0.4, -0.2) is 0 Å². The van der Waals surface area contributed by atoms with Crippen molar-refractivity contribution in [2.24, 2.45) is 5.73 Å². The highest BCUT2D eigenvalue weighted by Gasteiger charge is 2.05. The number of nitrogens with two attached hydrogens (primary N) is 1. The smallest absolute Gasteiger partial charge is 0.160 e. The number of halogens is 4. The maximum absolute atomic E-state index is 12.5. The van der Waals surface area contributed by atoms with Gasteiger partial charge in [0.15, 0.2) is 11.6 Å². The Hall–Kier alpha value is -0.380. The normalized spacial score (nSPS) is 9.33. The Morgan fingerprint density at radius 2 is 1.75 bits per heavy atom. The first-order chi connectivity index (χ1) is 5.15. The van der Waals surface area contributed by atoms with E-state index in [4.69, 9.17) is 17.3 Å². The Bertz CT molecular complexity index is 278. The molecule has 0 fully saturated rings. The Balaban J connectivity index is 0.00000121. The van der Waals surface area contributed by atoms with Crippen molar-refractivity contribution in [3.05, 3.63) is 34.4 Å². The van der Waals surface area contributed by atoms with Gasteiger partial charge in [0, 0.05) is 11.6 Å². The quantitative estimate of drug-likeness (QED) is 0.714. The van der Waals surface area contributed by atoms with Crippen molar-refractivity contribution >= 4 is 24.0 Å². The zero-order valence-corrected chi connectivity index (χ0v) is 7.55. The molecule has 0 unspecified atom stereocenters. The van der Waals surface area contributed by atoms with Crippen LogP contribution in [0.3, 0.4) is 0 Å². The Morgan fingerprint density at radius 3 is 2.25 bits per heavy atom. The second-order valence-corrected chi connectivity index (χ2v) is 2.47. The summed E-state index contributed by atoms with van der Waals surface area (Å²) in [6, 6.07) is 1.91. The van der Waals surface area contributed by atoms with Gasteiger partial charge in [-0.05, 0) is 17.7 Å². The van der Waals surface area contributed by atoms with Crippen LogP contribution in [0.4, 0.5) is 8.78 Å². The summed E-state index contributed by atoms with van der Waals surface area (Å²) in [5.74, 6) is -1.87. The maximum atomic E-state index is 12.5. The van der Waals surface area contributed by atoms with Gasteiger partial charge in [-0.2, -0.15) is 0 Å². The van der Waals surface area contributed by atoms with E-state index in [0.29, 0.717) is 5.56 Å². The Morgan fingerprint density at radius 1 is 1.25 bits per heavy atom. The molecule has 0 radical (unpaired) electrons. The predicted octanol–water partition coefficient (Wildman–Crippen LogP) is 2.50. The average Bonchev–Trinajstić information content (AvgIpc) is 1.97. The molecule has 0 saturated heterocycles. The topological polar surface area (TPSA) is 26.0 Å². The lowest BCUT2D eigenvalue weighted by molar-refractivity contribution is 0.507. The molecule has 0 bridgehead atoms. The van der Waals surface area contributed by atoms with Gasteiger partial charge in [0.2, 0.25) is 0 Å². The number of rotatable bonds is 1. The van der Waals surface area contributed by atoms with E-state index in [1.807, 2.05) is 0 Å². The Kier molecular flexibility index (Phi) is 4.45. The third kappa shape index (κ3) is 2.30. The monoisotopic (exact) mass is 213 g/mol. The molecule has 0 amide bonds. The van der Waals surface area contributed by atoms with Crippen molar-refractivity contribution in [3.8, 4) is 0 Å². The summed E-state index contributed by atoms with van der Waals surface area (Å²) in [4.78, 5) is 0. The molecule has 1 nitrogen and oxygen atoms in total. The van der Waals surface area contributed by atoms with E-state index in [0.717, 1.165) is 12.1 Å². The van der Waals surface area contributed by atoms with Gasteiger partial charge in [0.05, 0.1) is 0 Å². The van der Waals surface area contributed by atoms with E-state index in [1.54, 1.807) is 0 Å². The van der Waals surface area contributed by atoms with E-state index in [-0.39, 0.29) is 24.0 Å². The van der Waals surface area contributed by atoms with Crippen LogP contribution in [0.2, 0.25) is 5.02 Å². The van der Waals surface area contributed by atoms with E-state index in [1.165, 1.54) is 0 Å². The zero-order chi connectivity index (χ0) is 8.43. The fraction of sp³-hybridized carbons (Fsp3) is 0.143. The van der Waals surface area contributed by atoms with Gasteiger partial charge in [-0.1, -0.05) is 11.6 Å². The molecule has 0 aliphatic heterocycles. The van der Waals surface area contributed by atoms with Crippen molar-refractivity contribution in [2.45, 2.75) is 6.54 Å². The van der Waals surface area contributed by atoms with Gasteiger partial charge >= 0.3 is 0 Å². The molecule has 68 valence electrons. The Labute approximate surface area is 79.9 Å². The molecule has 0 aromatic heterocycles. The molecule has 0 spiro atoms. The molecule has 0 saturated carbocycles. The van der Waals surface area contributed by atoms with Crippen LogP contribution >= 0.6 is 24.0 Å². The van der Waals surface area contributed by atoms with Crippen LogP contribution in [0.5, 0.6) is 0 Å². The minimum atomic E-state index is -0.952. The van der Waals surface area contributed by atoms with Crippen LogP contribution in [0.1, 0.15) is 5.56 Å². The van der Waals surface area contributed by atoms with Crippen LogP contribution in [0.15, 0.2) is 12.1 Å². The molecule has 1 aromatic carbocycles. The first kappa shape index (κ1) is 11.6. The molecule has 2 N–H and O–H groups in total. The first-order valence-corrected chi connectivity index (χ1v) is 3.36. The minimum absolute atomic E-state index is 0. The number of hydrogen-bond acceptors (Lipinski definition) is 1. The van der Waals surface area contributed by atoms with E-state index < -0.39 is 11.6 Å². The third-order valence-electron chi connectivity index (χ3n) is 1.31. The largest absolute Gasteiger partial charge is 0.326 e. The zero-order valence-electron chi connectivity index (χ0n) is 5.98. The summed E-state index contributed by atoms with van der Waals surface area (Å²) in [6.07, 6.45) is 0. The fourth-order valence-corrected chi connectivity index (χ4v) is 0.948. The summed E-state index contributed by atoms with van der Waals surface area (Å²) in [6.45, 7) is 0.107. The summed E-state index contributed by atoms with van der Waals surface area (Å²) in [5.41, 5.74) is 5.60. The molecular weight excluding hydrogens is 207 g/mol. The van der Waals surface area contributed by atoms with Crippen molar-refractivity contribution in [2.75, 3.05) is 0 Å². The van der Waals surface area contributed by atoms with E-state index in [2.05, 4.69) is 0 Å². The van der Waals surface area contributed by atoms with E-state index in [9.17, 15) is 8.78 Å². The number of hydrogen-bond donors (Lipinski definition) is 1. The second-order valence-electron chi connectivity index (χ2n) is 2.06. The molecule has 0 aliphatic carbocycles. The summed E-state index contributed by atoms with van der Waals surface area (Å²) in [7, 11) is 0. The molecule has 0 aliphatic rings. The van der Waals surface area contributed by atoms with E-state index >= 15 is 0 Å². The molecule has 5 heteroatoms.